The average Bonchev–Trinajstić information content (AvgIpc) is 2.33. The summed E-state index contributed by atoms with van der Waals surface area (Å²) in [6.45, 7) is 3.70. The standard InChI is InChI=1S/C15H15F2N/c1-10-9-12(16)7-8-15(10)18-11(2)13-5-3-4-6-14(13)17/h3-9,11,18H,1-2H3. The molecule has 2 aromatic rings. The molecule has 0 saturated heterocycles. The zero-order chi connectivity index (χ0) is 13.1. The van der Waals surface area contributed by atoms with Crippen LogP contribution in [0, 0.1) is 18.6 Å². The van der Waals surface area contributed by atoms with E-state index in [1.54, 1.807) is 24.3 Å². The van der Waals surface area contributed by atoms with Crippen LogP contribution < -0.4 is 5.32 Å². The van der Waals surface area contributed by atoms with Crippen LogP contribution in [-0.4, -0.2) is 0 Å². The van der Waals surface area contributed by atoms with E-state index in [0.29, 0.717) is 5.56 Å². The van der Waals surface area contributed by atoms with Crippen LogP contribution in [0.25, 0.3) is 0 Å². The summed E-state index contributed by atoms with van der Waals surface area (Å²) in [6.07, 6.45) is 0. The predicted molar refractivity (Wildman–Crippen MR) is 69.6 cm³/mol. The van der Waals surface area contributed by atoms with Crippen LogP contribution in [0.5, 0.6) is 0 Å². The minimum atomic E-state index is -0.267. The Bertz CT molecular complexity index is 552. The number of hydrogen-bond acceptors (Lipinski definition) is 1. The second-order valence-corrected chi connectivity index (χ2v) is 4.35. The first-order valence-electron chi connectivity index (χ1n) is 5.85. The summed E-state index contributed by atoms with van der Waals surface area (Å²) in [5, 5.41) is 3.19. The number of aryl methyl sites for hydroxylation is 1. The van der Waals surface area contributed by atoms with Gasteiger partial charge in [0.05, 0.1) is 6.04 Å². The Hall–Kier alpha value is -1.90. The molecule has 1 unspecified atom stereocenters. The number of nitrogens with one attached hydrogen (secondary N) is 1. The van der Waals surface area contributed by atoms with Crippen LogP contribution in [0.2, 0.25) is 0 Å². The molecule has 0 aromatic heterocycles. The Morgan fingerprint density at radius 2 is 1.78 bits per heavy atom. The largest absolute Gasteiger partial charge is 0.378 e. The van der Waals surface area contributed by atoms with Gasteiger partial charge in [-0.3, -0.25) is 0 Å². The van der Waals surface area contributed by atoms with E-state index >= 15 is 0 Å². The molecule has 1 N–H and O–H groups in total. The monoisotopic (exact) mass is 247 g/mol. The van der Waals surface area contributed by atoms with Crippen LogP contribution in [0.3, 0.4) is 0 Å². The molecule has 0 heterocycles. The molecule has 94 valence electrons. The number of hydrogen-bond donors (Lipinski definition) is 1. The second kappa shape index (κ2) is 5.17. The van der Waals surface area contributed by atoms with Crippen LogP contribution in [0.1, 0.15) is 24.1 Å². The molecule has 0 bridgehead atoms. The Morgan fingerprint density at radius 3 is 2.44 bits per heavy atom. The van der Waals surface area contributed by atoms with Gasteiger partial charge >= 0.3 is 0 Å². The lowest BCUT2D eigenvalue weighted by Gasteiger charge is -2.18. The first kappa shape index (κ1) is 12.6. The van der Waals surface area contributed by atoms with Crippen LogP contribution >= 0.6 is 0 Å². The summed E-state index contributed by atoms with van der Waals surface area (Å²) in [6, 6.07) is 11.0. The third-order valence-electron chi connectivity index (χ3n) is 2.93. The van der Waals surface area contributed by atoms with Gasteiger partial charge in [0.25, 0.3) is 0 Å². The Morgan fingerprint density at radius 1 is 1.06 bits per heavy atom. The third kappa shape index (κ3) is 2.67. The minimum absolute atomic E-state index is 0.171. The van der Waals surface area contributed by atoms with Gasteiger partial charge in [-0.05, 0) is 43.7 Å². The van der Waals surface area contributed by atoms with E-state index in [1.165, 1.54) is 18.2 Å². The zero-order valence-electron chi connectivity index (χ0n) is 10.4. The molecule has 0 aliphatic heterocycles. The summed E-state index contributed by atoms with van der Waals surface area (Å²) < 4.78 is 26.6. The second-order valence-electron chi connectivity index (χ2n) is 4.35. The fourth-order valence-corrected chi connectivity index (χ4v) is 1.93. The molecular formula is C15H15F2N. The van der Waals surface area contributed by atoms with Gasteiger partial charge in [-0.25, -0.2) is 8.78 Å². The minimum Gasteiger partial charge on any atom is -0.378 e. The predicted octanol–water partition coefficient (Wildman–Crippen LogP) is 4.45. The zero-order valence-corrected chi connectivity index (χ0v) is 10.4. The molecule has 2 aromatic carbocycles. The lowest BCUT2D eigenvalue weighted by molar-refractivity contribution is 0.600. The number of rotatable bonds is 3. The molecule has 0 spiro atoms. The van der Waals surface area contributed by atoms with Crippen molar-refractivity contribution in [3.63, 3.8) is 0 Å². The normalized spacial score (nSPS) is 12.2. The summed E-state index contributed by atoms with van der Waals surface area (Å²) in [5.74, 6) is -0.506. The Balaban J connectivity index is 2.21. The molecule has 1 atom stereocenters. The van der Waals surface area contributed by atoms with Gasteiger partial charge in [0.15, 0.2) is 0 Å². The molecule has 18 heavy (non-hydrogen) atoms. The summed E-state index contributed by atoms with van der Waals surface area (Å²) in [7, 11) is 0. The molecule has 0 amide bonds. The van der Waals surface area contributed by atoms with Crippen molar-refractivity contribution in [2.75, 3.05) is 5.32 Å². The smallest absolute Gasteiger partial charge is 0.128 e. The van der Waals surface area contributed by atoms with Gasteiger partial charge in [0.2, 0.25) is 0 Å². The van der Waals surface area contributed by atoms with E-state index < -0.39 is 0 Å². The van der Waals surface area contributed by atoms with Gasteiger partial charge in [0.1, 0.15) is 11.6 Å². The van der Waals surface area contributed by atoms with Gasteiger partial charge in [-0.1, -0.05) is 18.2 Å². The fraction of sp³-hybridized carbons (Fsp3) is 0.200. The number of halogens is 2. The third-order valence-corrected chi connectivity index (χ3v) is 2.93. The molecule has 2 rings (SSSR count). The quantitative estimate of drug-likeness (QED) is 0.845. The SMILES string of the molecule is Cc1cc(F)ccc1NC(C)c1ccccc1F. The molecule has 1 nitrogen and oxygen atoms in total. The lowest BCUT2D eigenvalue weighted by atomic mass is 10.1. The van der Waals surface area contributed by atoms with E-state index in [-0.39, 0.29) is 17.7 Å². The van der Waals surface area contributed by atoms with Crippen molar-refractivity contribution in [1.82, 2.24) is 0 Å². The summed E-state index contributed by atoms with van der Waals surface area (Å²) in [5.41, 5.74) is 2.21. The topological polar surface area (TPSA) is 12.0 Å². The maximum atomic E-state index is 13.6. The first-order valence-corrected chi connectivity index (χ1v) is 5.85. The highest BCUT2D eigenvalue weighted by molar-refractivity contribution is 5.52. The average molecular weight is 247 g/mol. The van der Waals surface area contributed by atoms with Gasteiger partial charge in [-0.15, -0.1) is 0 Å². The van der Waals surface area contributed by atoms with E-state index in [0.717, 1.165) is 11.3 Å². The van der Waals surface area contributed by atoms with Crippen molar-refractivity contribution in [3.05, 3.63) is 65.2 Å². The molecule has 0 aliphatic carbocycles. The Kier molecular flexibility index (Phi) is 3.60. The van der Waals surface area contributed by atoms with Crippen molar-refractivity contribution in [3.8, 4) is 0 Å². The number of anilines is 1. The van der Waals surface area contributed by atoms with Gasteiger partial charge in [0, 0.05) is 11.3 Å². The maximum Gasteiger partial charge on any atom is 0.128 e. The highest BCUT2D eigenvalue weighted by atomic mass is 19.1. The van der Waals surface area contributed by atoms with Crippen molar-refractivity contribution in [2.24, 2.45) is 0 Å². The lowest BCUT2D eigenvalue weighted by Crippen LogP contribution is -2.09. The first-order chi connectivity index (χ1) is 8.58. The summed E-state index contributed by atoms with van der Waals surface area (Å²) >= 11 is 0. The Labute approximate surface area is 105 Å². The van der Waals surface area contributed by atoms with Crippen molar-refractivity contribution in [1.29, 1.82) is 0 Å². The highest BCUT2D eigenvalue weighted by Crippen LogP contribution is 2.24. The van der Waals surface area contributed by atoms with Crippen molar-refractivity contribution < 1.29 is 8.78 Å². The van der Waals surface area contributed by atoms with Gasteiger partial charge < -0.3 is 5.32 Å². The summed E-state index contributed by atoms with van der Waals surface area (Å²) in [4.78, 5) is 0. The van der Waals surface area contributed by atoms with E-state index in [9.17, 15) is 8.78 Å². The fourth-order valence-electron chi connectivity index (χ4n) is 1.93. The van der Waals surface area contributed by atoms with Gasteiger partial charge in [-0.2, -0.15) is 0 Å². The van der Waals surface area contributed by atoms with Crippen LogP contribution in [0.4, 0.5) is 14.5 Å². The number of benzene rings is 2. The molecule has 0 fully saturated rings. The molecular weight excluding hydrogens is 232 g/mol. The molecule has 0 radical (unpaired) electrons. The molecule has 0 saturated carbocycles. The van der Waals surface area contributed by atoms with Crippen molar-refractivity contribution >= 4 is 5.69 Å². The van der Waals surface area contributed by atoms with Crippen LogP contribution in [-0.2, 0) is 0 Å². The van der Waals surface area contributed by atoms with Crippen molar-refractivity contribution in [2.45, 2.75) is 19.9 Å². The molecule has 3 heteroatoms. The van der Waals surface area contributed by atoms with E-state index in [2.05, 4.69) is 5.32 Å². The van der Waals surface area contributed by atoms with Crippen LogP contribution in [0.15, 0.2) is 42.5 Å². The molecule has 0 aliphatic rings. The van der Waals surface area contributed by atoms with E-state index in [1.807, 2.05) is 13.8 Å². The van der Waals surface area contributed by atoms with E-state index in [4.69, 9.17) is 0 Å². The highest BCUT2D eigenvalue weighted by Gasteiger charge is 2.11. The maximum absolute atomic E-state index is 13.6.